The predicted molar refractivity (Wildman–Crippen MR) is 73.3 cm³/mol. The molecule has 0 fully saturated rings. The van der Waals surface area contributed by atoms with Crippen molar-refractivity contribution < 1.29 is 4.79 Å². The molecule has 0 radical (unpaired) electrons. The second-order valence-corrected chi connectivity index (χ2v) is 4.48. The van der Waals surface area contributed by atoms with Crippen molar-refractivity contribution in [2.45, 2.75) is 19.5 Å². The van der Waals surface area contributed by atoms with Gasteiger partial charge in [-0.1, -0.05) is 30.3 Å². The van der Waals surface area contributed by atoms with Crippen LogP contribution in [0.4, 0.5) is 0 Å². The lowest BCUT2D eigenvalue weighted by molar-refractivity contribution is -0.120. The van der Waals surface area contributed by atoms with Gasteiger partial charge < -0.3 is 11.1 Å². The molecular weight excluding hydrogens is 240 g/mol. The molecule has 1 aromatic carbocycles. The molecule has 0 saturated carbocycles. The Balaban J connectivity index is 1.93. The van der Waals surface area contributed by atoms with Crippen LogP contribution >= 0.6 is 0 Å². The van der Waals surface area contributed by atoms with Gasteiger partial charge in [0.2, 0.25) is 5.91 Å². The zero-order chi connectivity index (χ0) is 13.7. The molecule has 0 spiro atoms. The number of hydrogen-bond donors (Lipinski definition) is 2. The van der Waals surface area contributed by atoms with Crippen LogP contribution in [-0.2, 0) is 11.3 Å². The largest absolute Gasteiger partial charge is 0.368 e. The molecule has 5 heteroatoms. The molecule has 100 valence electrons. The van der Waals surface area contributed by atoms with Gasteiger partial charge in [0, 0.05) is 12.7 Å². The average Bonchev–Trinajstić information content (AvgIpc) is 2.81. The summed E-state index contributed by atoms with van der Waals surface area (Å²) in [6, 6.07) is 9.01. The summed E-state index contributed by atoms with van der Waals surface area (Å²) in [4.78, 5) is 11.5. The Bertz CT molecular complexity index is 535. The fraction of sp³-hybridized carbons (Fsp3) is 0.286. The van der Waals surface area contributed by atoms with Crippen molar-refractivity contribution in [2.24, 2.45) is 5.73 Å². The normalized spacial score (nSPS) is 12.3. The Morgan fingerprint density at radius 1 is 1.42 bits per heavy atom. The molecule has 5 nitrogen and oxygen atoms in total. The Labute approximate surface area is 112 Å². The maximum absolute atomic E-state index is 11.5. The van der Waals surface area contributed by atoms with Crippen LogP contribution in [0.15, 0.2) is 42.7 Å². The summed E-state index contributed by atoms with van der Waals surface area (Å²) in [5.74, 6) is -0.372. The number of aryl methyl sites for hydroxylation is 1. The fourth-order valence-corrected chi connectivity index (χ4v) is 1.94. The summed E-state index contributed by atoms with van der Waals surface area (Å²) in [5.41, 5.74) is 7.43. The predicted octanol–water partition coefficient (Wildman–Crippen LogP) is 1.01. The van der Waals surface area contributed by atoms with Crippen LogP contribution in [0.3, 0.4) is 0 Å². The number of aromatic nitrogens is 2. The molecule has 3 N–H and O–H groups in total. The van der Waals surface area contributed by atoms with Gasteiger partial charge in [0.25, 0.3) is 0 Å². The van der Waals surface area contributed by atoms with Gasteiger partial charge in [0.05, 0.1) is 12.7 Å². The number of amides is 1. The third kappa shape index (κ3) is 3.66. The Hall–Kier alpha value is -2.14. The van der Waals surface area contributed by atoms with E-state index in [0.717, 1.165) is 11.1 Å². The lowest BCUT2D eigenvalue weighted by Crippen LogP contribution is -2.35. The van der Waals surface area contributed by atoms with Gasteiger partial charge in [0.15, 0.2) is 0 Å². The molecule has 2 aromatic rings. The zero-order valence-corrected chi connectivity index (χ0v) is 10.9. The van der Waals surface area contributed by atoms with Gasteiger partial charge in [-0.3, -0.25) is 9.48 Å². The maximum atomic E-state index is 11.5. The minimum absolute atomic E-state index is 0.372. The van der Waals surface area contributed by atoms with Gasteiger partial charge >= 0.3 is 0 Å². The van der Waals surface area contributed by atoms with E-state index in [2.05, 4.69) is 10.4 Å². The summed E-state index contributed by atoms with van der Waals surface area (Å²) in [6.07, 6.45) is 3.77. The van der Waals surface area contributed by atoms with E-state index in [4.69, 9.17) is 5.73 Å². The molecule has 0 aliphatic heterocycles. The summed E-state index contributed by atoms with van der Waals surface area (Å²) in [6.45, 7) is 3.32. The third-order valence-corrected chi connectivity index (χ3v) is 2.87. The van der Waals surface area contributed by atoms with Crippen LogP contribution in [0.2, 0.25) is 0 Å². The number of benzene rings is 1. The highest BCUT2D eigenvalue weighted by molar-refractivity contribution is 5.81. The molecule has 1 atom stereocenters. The van der Waals surface area contributed by atoms with E-state index in [9.17, 15) is 4.79 Å². The third-order valence-electron chi connectivity index (χ3n) is 2.87. The number of hydrogen-bond acceptors (Lipinski definition) is 3. The average molecular weight is 258 g/mol. The van der Waals surface area contributed by atoms with E-state index in [-0.39, 0.29) is 5.91 Å². The first-order valence-electron chi connectivity index (χ1n) is 6.23. The minimum atomic E-state index is -0.460. The molecule has 1 heterocycles. The van der Waals surface area contributed by atoms with Gasteiger partial charge in [-0.2, -0.15) is 5.10 Å². The first-order chi connectivity index (χ1) is 9.16. The highest BCUT2D eigenvalue weighted by Crippen LogP contribution is 2.11. The summed E-state index contributed by atoms with van der Waals surface area (Å²) in [7, 11) is 0. The SMILES string of the molecule is Cc1cnn(CCNC(C(N)=O)c2ccccc2)c1. The lowest BCUT2D eigenvalue weighted by Gasteiger charge is -2.15. The molecule has 0 aliphatic rings. The van der Waals surface area contributed by atoms with Crippen molar-refractivity contribution >= 4 is 5.91 Å². The standard InChI is InChI=1S/C14H18N4O/c1-11-9-17-18(10-11)8-7-16-13(14(15)19)12-5-3-2-4-6-12/h2-6,9-10,13,16H,7-8H2,1H3,(H2,15,19). The lowest BCUT2D eigenvalue weighted by atomic mass is 10.1. The van der Waals surface area contributed by atoms with E-state index in [1.54, 1.807) is 0 Å². The molecule has 0 bridgehead atoms. The molecular formula is C14H18N4O. The van der Waals surface area contributed by atoms with E-state index >= 15 is 0 Å². The second kappa shape index (κ2) is 6.15. The second-order valence-electron chi connectivity index (χ2n) is 4.48. The van der Waals surface area contributed by atoms with Crippen LogP contribution in [0.1, 0.15) is 17.2 Å². The van der Waals surface area contributed by atoms with Crippen molar-refractivity contribution in [1.29, 1.82) is 0 Å². The summed E-state index contributed by atoms with van der Waals surface area (Å²) in [5, 5.41) is 7.35. The minimum Gasteiger partial charge on any atom is -0.368 e. The molecule has 1 unspecified atom stereocenters. The molecule has 1 amide bonds. The number of carbonyl (C=O) groups is 1. The van der Waals surface area contributed by atoms with Crippen LogP contribution < -0.4 is 11.1 Å². The van der Waals surface area contributed by atoms with E-state index in [1.165, 1.54) is 0 Å². The van der Waals surface area contributed by atoms with E-state index in [0.29, 0.717) is 13.1 Å². The molecule has 19 heavy (non-hydrogen) atoms. The highest BCUT2D eigenvalue weighted by atomic mass is 16.1. The van der Waals surface area contributed by atoms with E-state index < -0.39 is 6.04 Å². The number of primary amides is 1. The number of rotatable bonds is 6. The quantitative estimate of drug-likeness (QED) is 0.812. The number of nitrogens with two attached hydrogens (primary N) is 1. The van der Waals surface area contributed by atoms with Crippen LogP contribution in [0.25, 0.3) is 0 Å². The highest BCUT2D eigenvalue weighted by Gasteiger charge is 2.16. The van der Waals surface area contributed by atoms with Crippen molar-refractivity contribution in [2.75, 3.05) is 6.54 Å². The Kier molecular flexibility index (Phi) is 4.30. The first-order valence-corrected chi connectivity index (χ1v) is 6.23. The molecule has 1 aromatic heterocycles. The maximum Gasteiger partial charge on any atom is 0.239 e. The summed E-state index contributed by atoms with van der Waals surface area (Å²) >= 11 is 0. The monoisotopic (exact) mass is 258 g/mol. The van der Waals surface area contributed by atoms with Gasteiger partial charge in [0.1, 0.15) is 6.04 Å². The van der Waals surface area contributed by atoms with Crippen LogP contribution in [0.5, 0.6) is 0 Å². The van der Waals surface area contributed by atoms with Crippen molar-refractivity contribution in [3.8, 4) is 0 Å². The number of carbonyl (C=O) groups excluding carboxylic acids is 1. The molecule has 0 aliphatic carbocycles. The number of nitrogens with one attached hydrogen (secondary N) is 1. The Morgan fingerprint density at radius 2 is 2.16 bits per heavy atom. The van der Waals surface area contributed by atoms with Crippen molar-refractivity contribution in [1.82, 2.24) is 15.1 Å². The molecule has 0 saturated heterocycles. The van der Waals surface area contributed by atoms with Gasteiger partial charge in [-0.25, -0.2) is 0 Å². The smallest absolute Gasteiger partial charge is 0.239 e. The summed E-state index contributed by atoms with van der Waals surface area (Å²) < 4.78 is 1.84. The topological polar surface area (TPSA) is 72.9 Å². The van der Waals surface area contributed by atoms with Gasteiger partial charge in [-0.05, 0) is 18.1 Å². The number of nitrogens with zero attached hydrogens (tertiary/aromatic N) is 2. The zero-order valence-electron chi connectivity index (χ0n) is 10.9. The van der Waals surface area contributed by atoms with Crippen LogP contribution in [0, 0.1) is 6.92 Å². The van der Waals surface area contributed by atoms with Crippen LogP contribution in [-0.4, -0.2) is 22.2 Å². The van der Waals surface area contributed by atoms with E-state index in [1.807, 2.05) is 54.3 Å². The van der Waals surface area contributed by atoms with Crippen molar-refractivity contribution in [3.05, 3.63) is 53.9 Å². The molecule has 2 rings (SSSR count). The first kappa shape index (κ1) is 13.3. The Morgan fingerprint density at radius 3 is 2.74 bits per heavy atom. The van der Waals surface area contributed by atoms with Crippen molar-refractivity contribution in [3.63, 3.8) is 0 Å². The fourth-order valence-electron chi connectivity index (χ4n) is 1.94. The van der Waals surface area contributed by atoms with Gasteiger partial charge in [-0.15, -0.1) is 0 Å².